The number of benzene rings is 4. The van der Waals surface area contributed by atoms with Gasteiger partial charge in [-0.3, -0.25) is 29.2 Å². The van der Waals surface area contributed by atoms with Crippen molar-refractivity contribution in [1.29, 1.82) is 0 Å². The Balaban J connectivity index is 0.000000236. The van der Waals surface area contributed by atoms with Crippen LogP contribution in [0.3, 0.4) is 0 Å². The number of hydrogen-bond acceptors (Lipinski definition) is 20. The highest BCUT2D eigenvalue weighted by atomic mass is 16.6. The van der Waals surface area contributed by atoms with E-state index in [1.807, 2.05) is 81.8 Å². The number of imidazole rings is 2. The number of aromatic nitrogens is 4. The maximum absolute atomic E-state index is 14.0. The minimum absolute atomic E-state index is 0.00373. The number of ether oxygens (including phenoxy) is 8. The van der Waals surface area contributed by atoms with E-state index in [-0.39, 0.29) is 83.6 Å². The zero-order chi connectivity index (χ0) is 86.9. The molecule has 6 aromatic rings. The first-order chi connectivity index (χ1) is 58.3. The van der Waals surface area contributed by atoms with Gasteiger partial charge in [-0.05, 0) is 133 Å². The van der Waals surface area contributed by atoms with Crippen LogP contribution in [0.5, 0.6) is 0 Å². The Morgan fingerprint density at radius 3 is 1.11 bits per heavy atom. The summed E-state index contributed by atoms with van der Waals surface area (Å²) in [7, 11) is 11.5. The van der Waals surface area contributed by atoms with Gasteiger partial charge >= 0.3 is 24.4 Å². The molecule has 4 saturated heterocycles. The molecular formula is C91H120N14O16. The molecule has 121 heavy (non-hydrogen) atoms. The number of methoxy groups -OCH3 is 8. The fourth-order valence-electron chi connectivity index (χ4n) is 17.5. The lowest BCUT2D eigenvalue weighted by Gasteiger charge is -2.34. The quantitative estimate of drug-likeness (QED) is 0.0220. The highest BCUT2D eigenvalue weighted by molar-refractivity contribution is 6.05. The first kappa shape index (κ1) is 90.7. The van der Waals surface area contributed by atoms with E-state index in [1.54, 1.807) is 32.2 Å². The van der Waals surface area contributed by atoms with E-state index in [9.17, 15) is 38.4 Å². The van der Waals surface area contributed by atoms with Crippen molar-refractivity contribution in [2.45, 2.75) is 199 Å². The van der Waals surface area contributed by atoms with Crippen molar-refractivity contribution in [3.8, 4) is 44.8 Å². The second kappa shape index (κ2) is 41.9. The molecular weight excluding hydrogens is 1550 g/mol. The molecule has 0 bridgehead atoms. The molecule has 2 aromatic heterocycles. The monoisotopic (exact) mass is 1660 g/mol. The molecule has 8 heterocycles. The molecule has 4 aromatic carbocycles. The van der Waals surface area contributed by atoms with Gasteiger partial charge in [-0.25, -0.2) is 29.1 Å². The van der Waals surface area contributed by atoms with Crippen LogP contribution < -0.4 is 21.3 Å². The third kappa shape index (κ3) is 21.1. The van der Waals surface area contributed by atoms with Crippen LogP contribution in [0.1, 0.15) is 161 Å². The van der Waals surface area contributed by atoms with E-state index in [1.165, 1.54) is 42.7 Å². The number of likely N-dealkylation sites (tertiary alicyclic amines) is 4. The lowest BCUT2D eigenvalue weighted by Crippen LogP contribution is -2.56. The number of nitrogens with zero attached hydrogens (tertiary/aromatic N) is 8. The summed E-state index contributed by atoms with van der Waals surface area (Å²) in [5, 5.41) is 10.9. The highest BCUT2D eigenvalue weighted by Gasteiger charge is 2.48. The van der Waals surface area contributed by atoms with Crippen LogP contribution >= 0.6 is 0 Å². The van der Waals surface area contributed by atoms with E-state index in [4.69, 9.17) is 57.8 Å². The number of allylic oxidation sites excluding steroid dienone is 2. The molecule has 8 amide bonds. The van der Waals surface area contributed by atoms with Crippen LogP contribution in [0.2, 0.25) is 0 Å². The van der Waals surface area contributed by atoms with E-state index in [2.05, 4.69) is 128 Å². The van der Waals surface area contributed by atoms with Crippen LogP contribution in [-0.2, 0) is 57.1 Å². The molecule has 6 aliphatic rings. The number of alkyl carbamates (subject to hydrolysis) is 4. The zero-order valence-electron chi connectivity index (χ0n) is 72.5. The summed E-state index contributed by atoms with van der Waals surface area (Å²) >= 11 is 0. The minimum Gasteiger partial charge on any atom is -0.453 e. The van der Waals surface area contributed by atoms with Crippen molar-refractivity contribution in [3.05, 3.63) is 145 Å². The Morgan fingerprint density at radius 1 is 0.421 bits per heavy atom. The van der Waals surface area contributed by atoms with Gasteiger partial charge < -0.3 is 88.7 Å². The zero-order valence-corrected chi connectivity index (χ0v) is 72.5. The van der Waals surface area contributed by atoms with Crippen molar-refractivity contribution in [1.82, 2.24) is 60.8 Å². The largest absolute Gasteiger partial charge is 0.453 e. The average molecular weight is 1670 g/mol. The van der Waals surface area contributed by atoms with E-state index in [0.29, 0.717) is 57.8 Å². The molecule has 6 N–H and O–H groups in total. The third-order valence-electron chi connectivity index (χ3n) is 24.9. The topological polar surface area (TPSA) is 354 Å². The lowest BCUT2D eigenvalue weighted by molar-refractivity contribution is -0.140. The standard InChI is InChI=1S/C46H61N7O8.C45H59N7O8/c1-9-27(3)40(50-45(56)60-7)43(54)52-25-29(26-58-5)21-38(52)35-22-34(23-47-35)32-14-12-30(13-15-32)31-16-18-33(19-17-31)36-24-48-42(49-36)37-20-11-28(4)53(37)44(55)41(39(10-2)59-6)51-46(57)61-8;1-9-26(2)39(49-44(55)59-7)43(54)52-27(3)10-19-37(52)41-47-23-36(48-41)33-17-15-31(16-18-33)30-11-13-32(14-12-30)34-21-35(46-22-34)38-20-29(25-57-5)24-51(38)42(53)40(28(4)58-6)50-45(56)60-8/h12-19,23-24,27-29,37-41H,9-11,20-22,25-26H2,1-8H3,(H,48,49)(H,50,56)(H,51,57);11-18,22-23,26-29,37-40H,9-10,19-21,24-25H2,1-8H3,(H,47,48)(H,49,55)(H,50,56)/t27-,28-,29-,37-,38-,39+,40-,41-;26-,27-,28+,29-,37-,38-,39-,40-/m00/s1. The first-order valence-electron chi connectivity index (χ1n) is 42.1. The number of H-pyrrole nitrogens is 2. The van der Waals surface area contributed by atoms with Crippen LogP contribution in [0.4, 0.5) is 19.2 Å². The van der Waals surface area contributed by atoms with Crippen LogP contribution in [0.25, 0.3) is 55.9 Å². The Morgan fingerprint density at radius 2 is 0.760 bits per heavy atom. The molecule has 4 fully saturated rings. The summed E-state index contributed by atoms with van der Waals surface area (Å²) in [6, 6.07) is 29.1. The lowest BCUT2D eigenvalue weighted by atomic mass is 9.94. The van der Waals surface area contributed by atoms with Crippen molar-refractivity contribution >= 4 is 70.6 Å². The number of carbonyl (C=O) groups excluding carboxylic acids is 8. The molecule has 16 atom stereocenters. The second-order valence-electron chi connectivity index (χ2n) is 32.4. The molecule has 650 valence electrons. The van der Waals surface area contributed by atoms with Gasteiger partial charge in [0.25, 0.3) is 0 Å². The fraction of sp³-hybridized carbons (Fsp3) is 0.516. The number of amides is 8. The minimum atomic E-state index is -0.921. The number of aliphatic imine (C=N–C) groups is 2. The predicted molar refractivity (Wildman–Crippen MR) is 460 cm³/mol. The molecule has 0 unspecified atom stereocenters. The predicted octanol–water partition coefficient (Wildman–Crippen LogP) is 13.1. The number of rotatable bonds is 31. The summed E-state index contributed by atoms with van der Waals surface area (Å²) < 4.78 is 41.3. The molecule has 0 radical (unpaired) electrons. The van der Waals surface area contributed by atoms with Gasteiger partial charge in [0.2, 0.25) is 23.6 Å². The third-order valence-corrected chi connectivity index (χ3v) is 24.9. The summed E-state index contributed by atoms with van der Waals surface area (Å²) in [6.07, 6.45) is 11.4. The molecule has 0 spiro atoms. The van der Waals surface area contributed by atoms with Crippen molar-refractivity contribution in [3.63, 3.8) is 0 Å². The van der Waals surface area contributed by atoms with Crippen LogP contribution in [-0.4, -0.2) is 243 Å². The molecule has 30 heteroatoms. The van der Waals surface area contributed by atoms with Gasteiger partial charge in [-0.1, -0.05) is 145 Å². The molecule has 6 aliphatic heterocycles. The van der Waals surface area contributed by atoms with E-state index >= 15 is 0 Å². The van der Waals surface area contributed by atoms with E-state index in [0.717, 1.165) is 129 Å². The normalized spacial score (nSPS) is 22.0. The van der Waals surface area contributed by atoms with Crippen LogP contribution in [0, 0.1) is 23.7 Å². The average Bonchev–Trinajstić information content (AvgIpc) is 1.67. The number of hydrogen-bond donors (Lipinski definition) is 6. The van der Waals surface area contributed by atoms with Crippen molar-refractivity contribution in [2.75, 3.05) is 83.2 Å². The highest BCUT2D eigenvalue weighted by Crippen LogP contribution is 2.42. The Kier molecular flexibility index (Phi) is 31.4. The van der Waals surface area contributed by atoms with Gasteiger partial charge in [-0.15, -0.1) is 0 Å². The molecule has 12 rings (SSSR count). The summed E-state index contributed by atoms with van der Waals surface area (Å²) in [5.41, 5.74) is 14.0. The van der Waals surface area contributed by atoms with Gasteiger partial charge in [0.15, 0.2) is 0 Å². The van der Waals surface area contributed by atoms with Gasteiger partial charge in [0.05, 0.1) is 102 Å². The van der Waals surface area contributed by atoms with E-state index < -0.39 is 60.7 Å². The molecule has 0 aliphatic carbocycles. The second-order valence-corrected chi connectivity index (χ2v) is 32.4. The maximum atomic E-state index is 14.0. The number of aromatic amines is 2. The first-order valence-corrected chi connectivity index (χ1v) is 42.1. The van der Waals surface area contributed by atoms with Gasteiger partial charge in [0, 0.05) is 102 Å². The van der Waals surface area contributed by atoms with Crippen molar-refractivity contribution < 1.29 is 76.3 Å². The Labute approximate surface area is 709 Å². The summed E-state index contributed by atoms with van der Waals surface area (Å²) in [4.78, 5) is 138. The van der Waals surface area contributed by atoms with Gasteiger partial charge in [0.1, 0.15) is 35.8 Å². The van der Waals surface area contributed by atoms with Crippen molar-refractivity contribution in [2.24, 2.45) is 33.7 Å². The smallest absolute Gasteiger partial charge is 0.407 e. The van der Waals surface area contributed by atoms with Crippen LogP contribution in [0.15, 0.2) is 132 Å². The molecule has 30 nitrogen and oxygen atoms in total. The fourth-order valence-corrected chi connectivity index (χ4v) is 17.5. The SMILES string of the molecule is CC[C@H](C)[C@H](NC(=O)OC)C(=O)N1C[C@@H](COC)C[C@H]1C1=NC=C(c2ccc(-c3ccc(-c4cnc([C@@H]5CC[C@H](C)N5C(=O)[C@@H](NC(=O)OC)[C@@H](CC)OC)[nH]4)cc3)cc2)C1.CC[C@H](C)[C@H](NC(=O)OC)C(=O)N1[C@@H](C)CC[C@H]1c1ncc(-c2ccc(-c3ccc(C4=CN=C([C@@H]5C[C@H](COC)CN5C(=O)[C@@H](NC(=O)OC)[C@@H](C)OC)C4)cc3)cc2)[nH]1. The molecule has 0 saturated carbocycles. The Bertz CT molecular complexity index is 4690. The number of carbonyl (C=O) groups is 8. The Hall–Kier alpha value is -11.1. The summed E-state index contributed by atoms with van der Waals surface area (Å²) in [5.74, 6) is 0.807. The maximum Gasteiger partial charge on any atom is 0.407 e. The van der Waals surface area contributed by atoms with Gasteiger partial charge in [-0.2, -0.15) is 0 Å². The summed E-state index contributed by atoms with van der Waals surface area (Å²) in [6.45, 7) is 17.7. The number of nitrogens with one attached hydrogen (secondary N) is 6.